The molecule has 0 heterocycles. The molecular formula is C16H19NO4Si. The van der Waals surface area contributed by atoms with E-state index in [1.54, 1.807) is 12.1 Å². The van der Waals surface area contributed by atoms with Crippen molar-refractivity contribution in [2.24, 2.45) is 0 Å². The van der Waals surface area contributed by atoms with Gasteiger partial charge in [0.25, 0.3) is 5.69 Å². The largest absolute Gasteiger partial charge is 0.497 e. The first-order valence-corrected chi connectivity index (χ1v) is 7.95. The molecule has 0 N–H and O–H groups in total. The second kappa shape index (κ2) is 6.61. The predicted octanol–water partition coefficient (Wildman–Crippen LogP) is 1.79. The number of nitro benzene ring substituents is 1. The van der Waals surface area contributed by atoms with Gasteiger partial charge in [-0.3, -0.25) is 10.1 Å². The lowest BCUT2D eigenvalue weighted by Gasteiger charge is -2.14. The molecule has 0 unspecified atom stereocenters. The van der Waals surface area contributed by atoms with Gasteiger partial charge in [-0.2, -0.15) is 0 Å². The average molecular weight is 317 g/mol. The number of aryl methyl sites for hydroxylation is 1. The van der Waals surface area contributed by atoms with Crippen LogP contribution in [0.5, 0.6) is 11.5 Å². The molecule has 0 aliphatic heterocycles. The van der Waals surface area contributed by atoms with Crippen LogP contribution in [0.2, 0.25) is 0 Å². The number of hydrogen-bond acceptors (Lipinski definition) is 4. The molecule has 0 spiro atoms. The molecule has 0 radical (unpaired) electrons. The third-order valence-electron chi connectivity index (χ3n) is 3.73. The summed E-state index contributed by atoms with van der Waals surface area (Å²) in [5, 5.41) is 12.3. The molecule has 22 heavy (non-hydrogen) atoms. The summed E-state index contributed by atoms with van der Waals surface area (Å²) < 4.78 is 10.9. The molecule has 5 nitrogen and oxygen atoms in total. The molecule has 0 saturated carbocycles. The Labute approximate surface area is 132 Å². The van der Waals surface area contributed by atoms with E-state index in [0.29, 0.717) is 11.3 Å². The number of benzene rings is 2. The van der Waals surface area contributed by atoms with Crippen molar-refractivity contribution in [3.8, 4) is 11.5 Å². The first-order chi connectivity index (χ1) is 10.4. The van der Waals surface area contributed by atoms with Crippen LogP contribution in [0, 0.1) is 24.0 Å². The van der Waals surface area contributed by atoms with E-state index < -0.39 is 4.92 Å². The molecule has 2 aromatic carbocycles. The van der Waals surface area contributed by atoms with Gasteiger partial charge in [-0.1, -0.05) is 12.1 Å². The fourth-order valence-corrected chi connectivity index (χ4v) is 2.95. The number of ether oxygens (including phenoxy) is 2. The molecule has 116 valence electrons. The van der Waals surface area contributed by atoms with Crippen LogP contribution in [-0.2, 0) is 6.61 Å². The zero-order valence-electron chi connectivity index (χ0n) is 13.2. The van der Waals surface area contributed by atoms with Crippen LogP contribution in [0.25, 0.3) is 0 Å². The topological polar surface area (TPSA) is 61.6 Å². The SMILES string of the molecule is COc1ccc(COc2c([SiH3])ccc(C)c2C)c([N+](=O)[O-])c1. The van der Waals surface area contributed by atoms with Crippen molar-refractivity contribution in [3.05, 3.63) is 57.1 Å². The summed E-state index contributed by atoms with van der Waals surface area (Å²) in [6, 6.07) is 8.92. The van der Waals surface area contributed by atoms with Crippen LogP contribution in [0.1, 0.15) is 16.7 Å². The first-order valence-electron chi connectivity index (χ1n) is 6.95. The molecule has 2 aromatic rings. The molecule has 0 aliphatic carbocycles. The van der Waals surface area contributed by atoms with Crippen molar-refractivity contribution in [3.63, 3.8) is 0 Å². The van der Waals surface area contributed by atoms with Gasteiger partial charge in [-0.25, -0.2) is 0 Å². The van der Waals surface area contributed by atoms with Crippen molar-refractivity contribution in [2.45, 2.75) is 20.5 Å². The van der Waals surface area contributed by atoms with Gasteiger partial charge in [-0.15, -0.1) is 0 Å². The zero-order valence-corrected chi connectivity index (χ0v) is 15.2. The van der Waals surface area contributed by atoms with Gasteiger partial charge in [0.1, 0.15) is 18.1 Å². The Kier molecular flexibility index (Phi) is 4.82. The molecule has 0 aliphatic rings. The summed E-state index contributed by atoms with van der Waals surface area (Å²) in [5.74, 6) is 1.31. The highest BCUT2D eigenvalue weighted by Crippen LogP contribution is 2.26. The first kappa shape index (κ1) is 16.0. The molecule has 0 amide bonds. The van der Waals surface area contributed by atoms with Gasteiger partial charge in [0.05, 0.1) is 23.7 Å². The van der Waals surface area contributed by atoms with E-state index in [0.717, 1.165) is 32.3 Å². The van der Waals surface area contributed by atoms with Gasteiger partial charge in [0, 0.05) is 10.2 Å². The Balaban J connectivity index is 2.29. The lowest BCUT2D eigenvalue weighted by Crippen LogP contribution is -2.12. The maximum Gasteiger partial charge on any atom is 0.279 e. The van der Waals surface area contributed by atoms with Crippen molar-refractivity contribution in [1.29, 1.82) is 0 Å². The Morgan fingerprint density at radius 1 is 1.23 bits per heavy atom. The maximum absolute atomic E-state index is 11.2. The number of nitro groups is 1. The van der Waals surface area contributed by atoms with E-state index in [2.05, 4.69) is 6.07 Å². The van der Waals surface area contributed by atoms with Gasteiger partial charge < -0.3 is 9.47 Å². The van der Waals surface area contributed by atoms with Crippen LogP contribution in [0.4, 0.5) is 5.69 Å². The van der Waals surface area contributed by atoms with Crippen LogP contribution >= 0.6 is 0 Å². The summed E-state index contributed by atoms with van der Waals surface area (Å²) in [5.41, 5.74) is 2.79. The van der Waals surface area contributed by atoms with E-state index in [1.807, 2.05) is 19.9 Å². The minimum Gasteiger partial charge on any atom is -0.497 e. The Morgan fingerprint density at radius 3 is 2.59 bits per heavy atom. The third kappa shape index (κ3) is 3.28. The number of hydrogen-bond donors (Lipinski definition) is 0. The smallest absolute Gasteiger partial charge is 0.279 e. The zero-order chi connectivity index (χ0) is 16.3. The molecule has 0 aromatic heterocycles. The molecule has 0 atom stereocenters. The van der Waals surface area contributed by atoms with E-state index in [9.17, 15) is 10.1 Å². The second-order valence-electron chi connectivity index (χ2n) is 5.19. The minimum atomic E-state index is -0.411. The summed E-state index contributed by atoms with van der Waals surface area (Å²) in [7, 11) is 2.35. The Hall–Kier alpha value is -2.34. The van der Waals surface area contributed by atoms with Crippen LogP contribution in [0.3, 0.4) is 0 Å². The third-order valence-corrected chi connectivity index (χ3v) is 4.52. The molecule has 6 heteroatoms. The van der Waals surface area contributed by atoms with E-state index in [-0.39, 0.29) is 12.3 Å². The molecule has 0 saturated heterocycles. The Bertz CT molecular complexity index is 716. The minimum absolute atomic E-state index is 0.0135. The lowest BCUT2D eigenvalue weighted by molar-refractivity contribution is -0.385. The van der Waals surface area contributed by atoms with E-state index in [1.165, 1.54) is 13.2 Å². The molecule has 0 fully saturated rings. The fourth-order valence-electron chi connectivity index (χ4n) is 2.26. The molecule has 2 rings (SSSR count). The van der Waals surface area contributed by atoms with Gasteiger partial charge in [-0.05, 0) is 42.3 Å². The number of nitrogens with zero attached hydrogens (tertiary/aromatic N) is 1. The van der Waals surface area contributed by atoms with Crippen LogP contribution < -0.4 is 14.7 Å². The fraction of sp³-hybridized carbons (Fsp3) is 0.250. The predicted molar refractivity (Wildman–Crippen MR) is 89.5 cm³/mol. The van der Waals surface area contributed by atoms with E-state index >= 15 is 0 Å². The Morgan fingerprint density at radius 2 is 1.95 bits per heavy atom. The summed E-state index contributed by atoms with van der Waals surface area (Å²) >= 11 is 0. The standard InChI is InChI=1S/C16H19NO4Si/c1-10-4-7-15(22)16(11(10)2)21-9-12-5-6-13(20-3)8-14(12)17(18)19/h4-8H,9H2,1-3,22H3. The number of methoxy groups -OCH3 is 1. The summed E-state index contributed by atoms with van der Waals surface area (Å²) in [4.78, 5) is 10.8. The average Bonchev–Trinajstić information content (AvgIpc) is 2.51. The maximum atomic E-state index is 11.2. The normalized spacial score (nSPS) is 10.5. The van der Waals surface area contributed by atoms with Gasteiger partial charge in [0.2, 0.25) is 0 Å². The van der Waals surface area contributed by atoms with Crippen molar-refractivity contribution < 1.29 is 14.4 Å². The molecular weight excluding hydrogens is 298 g/mol. The van der Waals surface area contributed by atoms with Gasteiger partial charge >= 0.3 is 0 Å². The monoisotopic (exact) mass is 317 g/mol. The van der Waals surface area contributed by atoms with Gasteiger partial charge in [0.15, 0.2) is 0 Å². The number of rotatable bonds is 5. The quantitative estimate of drug-likeness (QED) is 0.479. The highest BCUT2D eigenvalue weighted by molar-refractivity contribution is 6.34. The summed E-state index contributed by atoms with van der Waals surface area (Å²) in [6.07, 6.45) is 0. The van der Waals surface area contributed by atoms with Crippen molar-refractivity contribution >= 4 is 21.1 Å². The van der Waals surface area contributed by atoms with Crippen molar-refractivity contribution in [1.82, 2.24) is 0 Å². The molecule has 0 bridgehead atoms. The second-order valence-corrected chi connectivity index (χ2v) is 6.27. The van der Waals surface area contributed by atoms with Crippen molar-refractivity contribution in [2.75, 3.05) is 7.11 Å². The highest BCUT2D eigenvalue weighted by Gasteiger charge is 2.16. The summed E-state index contributed by atoms with van der Waals surface area (Å²) in [6.45, 7) is 4.20. The van der Waals surface area contributed by atoms with Crippen LogP contribution in [-0.4, -0.2) is 22.3 Å². The van der Waals surface area contributed by atoms with E-state index in [4.69, 9.17) is 9.47 Å². The van der Waals surface area contributed by atoms with Crippen LogP contribution in [0.15, 0.2) is 30.3 Å². The lowest BCUT2D eigenvalue weighted by atomic mass is 10.1. The highest BCUT2D eigenvalue weighted by atomic mass is 28.1.